The third kappa shape index (κ3) is 6.33. The van der Waals surface area contributed by atoms with Crippen LogP contribution in [0.5, 0.6) is 5.75 Å². The Morgan fingerprint density at radius 1 is 1.33 bits per heavy atom. The Hall–Kier alpha value is -1.31. The predicted molar refractivity (Wildman–Crippen MR) is 79.1 cm³/mol. The molecule has 0 aliphatic rings. The van der Waals surface area contributed by atoms with Crippen LogP contribution in [0.25, 0.3) is 0 Å². The molecule has 0 saturated carbocycles. The number of carbonyl (C=O) groups is 1. The second-order valence-corrected chi connectivity index (χ2v) is 6.87. The minimum Gasteiger partial charge on any atom is -0.481 e. The van der Waals surface area contributed by atoms with Gasteiger partial charge in [0.05, 0.1) is 4.90 Å². The van der Waals surface area contributed by atoms with Crippen molar-refractivity contribution in [2.24, 2.45) is 0 Å². The Morgan fingerprint density at radius 2 is 1.95 bits per heavy atom. The van der Waals surface area contributed by atoms with Crippen LogP contribution >= 0.6 is 10.7 Å². The molecule has 1 N–H and O–H groups in total. The lowest BCUT2D eigenvalue weighted by molar-refractivity contribution is -0.127. The van der Waals surface area contributed by atoms with Gasteiger partial charge in [-0.25, -0.2) is 8.42 Å². The van der Waals surface area contributed by atoms with E-state index in [1.165, 1.54) is 24.3 Å². The van der Waals surface area contributed by atoms with E-state index in [2.05, 4.69) is 5.32 Å². The molecule has 118 valence electrons. The third-order valence-corrected chi connectivity index (χ3v) is 3.98. The van der Waals surface area contributed by atoms with E-state index < -0.39 is 15.2 Å². The highest BCUT2D eigenvalue weighted by Gasteiger charge is 2.15. The Labute approximate surface area is 128 Å². The first-order valence-electron chi connectivity index (χ1n) is 6.32. The fraction of sp³-hybridized carbons (Fsp3) is 0.462. The van der Waals surface area contributed by atoms with Gasteiger partial charge in [0, 0.05) is 30.9 Å². The molecule has 8 heteroatoms. The molecule has 6 nitrogen and oxygen atoms in total. The summed E-state index contributed by atoms with van der Waals surface area (Å²) in [5.41, 5.74) is 0. The number of ether oxygens (including phenoxy) is 2. The first-order chi connectivity index (χ1) is 9.84. The highest BCUT2D eigenvalue weighted by Crippen LogP contribution is 2.19. The van der Waals surface area contributed by atoms with Crippen LogP contribution in [0.4, 0.5) is 0 Å². The number of rotatable bonds is 8. The van der Waals surface area contributed by atoms with Crippen molar-refractivity contribution >= 4 is 25.6 Å². The molecule has 0 bridgehead atoms. The minimum absolute atomic E-state index is 0.0202. The summed E-state index contributed by atoms with van der Waals surface area (Å²) < 4.78 is 32.5. The molecule has 1 aromatic carbocycles. The van der Waals surface area contributed by atoms with Crippen molar-refractivity contribution < 1.29 is 22.7 Å². The van der Waals surface area contributed by atoms with Crippen molar-refractivity contribution in [3.63, 3.8) is 0 Å². The Morgan fingerprint density at radius 3 is 2.48 bits per heavy atom. The van der Waals surface area contributed by atoms with Crippen molar-refractivity contribution in [3.05, 3.63) is 24.3 Å². The fourth-order valence-electron chi connectivity index (χ4n) is 1.51. The lowest BCUT2D eigenvalue weighted by Crippen LogP contribution is -2.37. The molecule has 0 spiro atoms. The Bertz CT molecular complexity index is 558. The van der Waals surface area contributed by atoms with Gasteiger partial charge in [-0.2, -0.15) is 0 Å². The number of amides is 1. The van der Waals surface area contributed by atoms with E-state index in [4.69, 9.17) is 20.2 Å². The van der Waals surface area contributed by atoms with E-state index in [0.717, 1.165) is 6.42 Å². The summed E-state index contributed by atoms with van der Waals surface area (Å²) in [6.45, 7) is 2.69. The second-order valence-electron chi connectivity index (χ2n) is 4.31. The number of hydrogen-bond donors (Lipinski definition) is 1. The Balaban J connectivity index is 2.50. The van der Waals surface area contributed by atoms with E-state index in [0.29, 0.717) is 18.9 Å². The third-order valence-electron chi connectivity index (χ3n) is 2.61. The molecule has 1 amide bonds. The smallest absolute Gasteiger partial charge is 0.261 e. The van der Waals surface area contributed by atoms with Crippen LogP contribution in [0.2, 0.25) is 0 Å². The van der Waals surface area contributed by atoms with Crippen molar-refractivity contribution in [1.29, 1.82) is 0 Å². The maximum absolute atomic E-state index is 11.7. The number of hydrogen-bond acceptors (Lipinski definition) is 5. The van der Waals surface area contributed by atoms with Crippen LogP contribution in [0.15, 0.2) is 29.2 Å². The van der Waals surface area contributed by atoms with Gasteiger partial charge >= 0.3 is 0 Å². The van der Waals surface area contributed by atoms with Crippen molar-refractivity contribution in [2.75, 3.05) is 20.3 Å². The molecule has 0 aliphatic heterocycles. The largest absolute Gasteiger partial charge is 0.481 e. The lowest BCUT2D eigenvalue weighted by atomic mass is 10.3. The fourth-order valence-corrected chi connectivity index (χ4v) is 2.28. The van der Waals surface area contributed by atoms with Gasteiger partial charge in [-0.15, -0.1) is 0 Å². The molecule has 1 aromatic rings. The molecule has 1 rings (SSSR count). The average molecular weight is 336 g/mol. The molecule has 0 fully saturated rings. The summed E-state index contributed by atoms with van der Waals surface area (Å²) in [5, 5.41) is 2.71. The zero-order valence-corrected chi connectivity index (χ0v) is 13.4. The summed E-state index contributed by atoms with van der Waals surface area (Å²) in [7, 11) is 3.05. The number of benzene rings is 1. The van der Waals surface area contributed by atoms with Crippen molar-refractivity contribution in [1.82, 2.24) is 5.32 Å². The SMILES string of the molecule is COCCCNC(=O)C(C)Oc1ccc(S(=O)(=O)Cl)cc1. The molecular formula is C13H18ClNO5S. The maximum Gasteiger partial charge on any atom is 0.261 e. The van der Waals surface area contributed by atoms with Crippen molar-refractivity contribution in [3.8, 4) is 5.75 Å². The van der Waals surface area contributed by atoms with Crippen LogP contribution in [0.3, 0.4) is 0 Å². The van der Waals surface area contributed by atoms with Gasteiger partial charge in [0.1, 0.15) is 5.75 Å². The summed E-state index contributed by atoms with van der Waals surface area (Å²) in [6, 6.07) is 5.54. The molecule has 1 unspecified atom stereocenters. The topological polar surface area (TPSA) is 81.7 Å². The molecule has 1 atom stereocenters. The summed E-state index contributed by atoms with van der Waals surface area (Å²) in [5.74, 6) is 0.138. The highest BCUT2D eigenvalue weighted by molar-refractivity contribution is 8.13. The van der Waals surface area contributed by atoms with Crippen LogP contribution in [0, 0.1) is 0 Å². The standard InChI is InChI=1S/C13H18ClNO5S/c1-10(13(16)15-8-3-9-19-2)20-11-4-6-12(7-5-11)21(14,17)18/h4-7,10H,3,8-9H2,1-2H3,(H,15,16). The number of halogens is 1. The zero-order valence-electron chi connectivity index (χ0n) is 11.8. The second kappa shape index (κ2) is 8.21. The molecule has 0 aliphatic carbocycles. The van der Waals surface area contributed by atoms with E-state index in [1.54, 1.807) is 14.0 Å². The van der Waals surface area contributed by atoms with E-state index >= 15 is 0 Å². The highest BCUT2D eigenvalue weighted by atomic mass is 35.7. The minimum atomic E-state index is -3.76. The van der Waals surface area contributed by atoms with Crippen molar-refractivity contribution in [2.45, 2.75) is 24.3 Å². The van der Waals surface area contributed by atoms with E-state index in [-0.39, 0.29) is 10.8 Å². The normalized spacial score (nSPS) is 12.7. The molecular weight excluding hydrogens is 318 g/mol. The molecule has 0 heterocycles. The van der Waals surface area contributed by atoms with Crippen LogP contribution < -0.4 is 10.1 Å². The van der Waals surface area contributed by atoms with Gasteiger partial charge < -0.3 is 14.8 Å². The first-order valence-corrected chi connectivity index (χ1v) is 8.63. The van der Waals surface area contributed by atoms with Gasteiger partial charge in [-0.3, -0.25) is 4.79 Å². The maximum atomic E-state index is 11.7. The Kier molecular flexibility index (Phi) is 6.94. The quantitative estimate of drug-likeness (QED) is 0.575. The molecule has 0 saturated heterocycles. The predicted octanol–water partition coefficient (Wildman–Crippen LogP) is 1.53. The zero-order chi connectivity index (χ0) is 15.9. The van der Waals surface area contributed by atoms with Crippen LogP contribution in [-0.4, -0.2) is 40.7 Å². The molecule has 0 radical (unpaired) electrons. The van der Waals surface area contributed by atoms with E-state index in [1.807, 2.05) is 0 Å². The van der Waals surface area contributed by atoms with Crippen LogP contribution in [-0.2, 0) is 18.6 Å². The molecule has 0 aromatic heterocycles. The number of carbonyl (C=O) groups excluding carboxylic acids is 1. The van der Waals surface area contributed by atoms with Gasteiger partial charge in [-0.1, -0.05) is 0 Å². The first kappa shape index (κ1) is 17.7. The van der Waals surface area contributed by atoms with Gasteiger partial charge in [0.25, 0.3) is 15.0 Å². The van der Waals surface area contributed by atoms with E-state index in [9.17, 15) is 13.2 Å². The van der Waals surface area contributed by atoms with Gasteiger partial charge in [-0.05, 0) is 37.6 Å². The number of nitrogens with one attached hydrogen (secondary N) is 1. The van der Waals surface area contributed by atoms with Crippen LogP contribution in [0.1, 0.15) is 13.3 Å². The summed E-state index contributed by atoms with van der Waals surface area (Å²) in [4.78, 5) is 11.7. The van der Waals surface area contributed by atoms with Gasteiger partial charge in [0.15, 0.2) is 6.10 Å². The number of methoxy groups -OCH3 is 1. The molecule has 21 heavy (non-hydrogen) atoms. The summed E-state index contributed by atoms with van der Waals surface area (Å²) >= 11 is 0. The van der Waals surface area contributed by atoms with Gasteiger partial charge in [0.2, 0.25) is 0 Å². The average Bonchev–Trinajstić information content (AvgIpc) is 2.43. The summed E-state index contributed by atoms with van der Waals surface area (Å²) in [6.07, 6.45) is 0.0306. The lowest BCUT2D eigenvalue weighted by Gasteiger charge is -2.14. The monoisotopic (exact) mass is 335 g/mol.